The highest BCUT2D eigenvalue weighted by atomic mass is 35.5. The van der Waals surface area contributed by atoms with E-state index in [1.54, 1.807) is 14.2 Å². The molecule has 0 aromatic heterocycles. The fourth-order valence-electron chi connectivity index (χ4n) is 1.94. The van der Waals surface area contributed by atoms with Crippen LogP contribution in [0, 0.1) is 0 Å². The molecule has 0 amide bonds. The number of methoxy groups -OCH3 is 2. The third-order valence-electron chi connectivity index (χ3n) is 3.22. The van der Waals surface area contributed by atoms with E-state index in [1.807, 2.05) is 0 Å². The van der Waals surface area contributed by atoms with Crippen LogP contribution in [0.1, 0.15) is 5.56 Å². The van der Waals surface area contributed by atoms with E-state index < -0.39 is 15.0 Å². The van der Waals surface area contributed by atoms with Gasteiger partial charge in [-0.2, -0.15) is 0 Å². The number of rotatable bonds is 16. The lowest BCUT2D eigenvalue weighted by molar-refractivity contribution is -0.0209. The van der Waals surface area contributed by atoms with Crippen LogP contribution in [0.5, 0.6) is 11.5 Å². The van der Waals surface area contributed by atoms with E-state index in [1.165, 1.54) is 6.07 Å². The Morgan fingerprint density at radius 1 is 1.00 bits per heavy atom. The van der Waals surface area contributed by atoms with Crippen LogP contribution in [0.25, 0.3) is 0 Å². The molecule has 2 unspecified atom stereocenters. The van der Waals surface area contributed by atoms with Crippen LogP contribution < -0.4 is 9.47 Å². The fourth-order valence-corrected chi connectivity index (χ4v) is 2.68. The lowest BCUT2D eigenvalue weighted by Crippen LogP contribution is -2.13. The van der Waals surface area contributed by atoms with Gasteiger partial charge in [-0.05, 0) is 16.2 Å². The molecule has 160 valence electrons. The zero-order valence-electron chi connectivity index (χ0n) is 15.6. The first kappa shape index (κ1) is 25.3. The highest BCUT2D eigenvalue weighted by Gasteiger charge is 2.22. The van der Waals surface area contributed by atoms with Crippen molar-refractivity contribution < 1.29 is 42.6 Å². The monoisotopic (exact) mass is 461 g/mol. The van der Waals surface area contributed by atoms with Crippen LogP contribution in [0.2, 0.25) is 10.0 Å². The van der Waals surface area contributed by atoms with Crippen molar-refractivity contribution in [1.82, 2.24) is 0 Å². The second-order valence-electron chi connectivity index (χ2n) is 5.18. The maximum atomic E-state index is 10.5. The first-order chi connectivity index (χ1) is 13.5. The third-order valence-corrected chi connectivity index (χ3v) is 4.28. The molecule has 0 radical (unpaired) electrons. The summed E-state index contributed by atoms with van der Waals surface area (Å²) in [4.78, 5) is 0. The second kappa shape index (κ2) is 15.1. The first-order valence-electron chi connectivity index (χ1n) is 8.15. The summed E-state index contributed by atoms with van der Waals surface area (Å²) >= 11 is 12.7. The minimum absolute atomic E-state index is 0.0562. The summed E-state index contributed by atoms with van der Waals surface area (Å²) in [5.74, 6) is 0.276. The SMILES string of the molecule is COCCOCOc1c(Cl)cc(CC(O)O[PH+]=O)c(Cl)c1OCOCCOC. The molecule has 0 aliphatic heterocycles. The number of benzene rings is 1. The molecule has 2 atom stereocenters. The van der Waals surface area contributed by atoms with E-state index in [0.29, 0.717) is 32.0 Å². The van der Waals surface area contributed by atoms with E-state index in [4.69, 9.17) is 51.6 Å². The molecule has 0 saturated carbocycles. The molecule has 1 N–H and O–H groups in total. The molecule has 0 bridgehead atoms. The standard InChI is InChI=1S/C16H24Cl2O9P/c1-21-3-5-23-9-25-15-12(17)7-11(8-13(19)27-28-20)14(18)16(15)26-10-24-6-4-22-2/h7,13,19,28H,3-6,8-10H2,1-2H3/q+1. The van der Waals surface area contributed by atoms with Gasteiger partial charge in [0.1, 0.15) is 0 Å². The molecular weight excluding hydrogens is 438 g/mol. The van der Waals surface area contributed by atoms with Crippen molar-refractivity contribution in [1.29, 1.82) is 0 Å². The second-order valence-corrected chi connectivity index (χ2v) is 6.36. The summed E-state index contributed by atoms with van der Waals surface area (Å²) in [6.45, 7) is 1.21. The third kappa shape index (κ3) is 9.17. The molecule has 1 aromatic rings. The molecule has 0 spiro atoms. The number of aliphatic hydroxyl groups is 1. The number of ether oxygens (including phenoxy) is 6. The highest BCUT2D eigenvalue weighted by Crippen LogP contribution is 2.44. The van der Waals surface area contributed by atoms with Crippen LogP contribution in [0.15, 0.2) is 6.07 Å². The van der Waals surface area contributed by atoms with Gasteiger partial charge in [-0.3, -0.25) is 0 Å². The van der Waals surface area contributed by atoms with E-state index in [0.717, 1.165) is 0 Å². The predicted octanol–water partition coefficient (Wildman–Crippen LogP) is 2.81. The minimum atomic E-state index is -1.32. The normalized spacial score (nSPS) is 12.3. The molecule has 1 aromatic carbocycles. The molecule has 0 saturated heterocycles. The van der Waals surface area contributed by atoms with Gasteiger partial charge in [-0.1, -0.05) is 23.2 Å². The number of halogens is 2. The Bertz CT molecular complexity index is 592. The molecule has 0 aliphatic rings. The first-order valence-corrected chi connectivity index (χ1v) is 9.73. The Morgan fingerprint density at radius 3 is 2.11 bits per heavy atom. The van der Waals surface area contributed by atoms with Crippen LogP contribution in [0.4, 0.5) is 0 Å². The van der Waals surface area contributed by atoms with Crippen LogP contribution in [-0.2, 0) is 34.5 Å². The Morgan fingerprint density at radius 2 is 1.57 bits per heavy atom. The fraction of sp³-hybridized carbons (Fsp3) is 0.625. The maximum Gasteiger partial charge on any atom is 0.496 e. The molecule has 12 heteroatoms. The summed E-state index contributed by atoms with van der Waals surface area (Å²) in [5, 5.41) is 10.0. The van der Waals surface area contributed by atoms with Crippen LogP contribution in [0.3, 0.4) is 0 Å². The number of aliphatic hydroxyl groups excluding tert-OH is 1. The van der Waals surface area contributed by atoms with Crippen molar-refractivity contribution >= 4 is 31.9 Å². The van der Waals surface area contributed by atoms with Crippen molar-refractivity contribution in [2.45, 2.75) is 12.7 Å². The van der Waals surface area contributed by atoms with E-state index in [2.05, 4.69) is 4.52 Å². The van der Waals surface area contributed by atoms with Gasteiger partial charge in [0.2, 0.25) is 6.29 Å². The predicted molar refractivity (Wildman–Crippen MR) is 103 cm³/mol. The average molecular weight is 462 g/mol. The molecule has 0 aliphatic carbocycles. The van der Waals surface area contributed by atoms with Gasteiger partial charge in [0.05, 0.1) is 36.5 Å². The van der Waals surface area contributed by atoms with E-state index in [-0.39, 0.29) is 41.6 Å². The lowest BCUT2D eigenvalue weighted by Gasteiger charge is -2.18. The van der Waals surface area contributed by atoms with Gasteiger partial charge in [-0.15, -0.1) is 4.52 Å². The number of hydrogen-bond acceptors (Lipinski definition) is 9. The van der Waals surface area contributed by atoms with Gasteiger partial charge in [0.15, 0.2) is 25.1 Å². The van der Waals surface area contributed by atoms with Crippen LogP contribution >= 0.6 is 31.9 Å². The average Bonchev–Trinajstić information content (AvgIpc) is 2.66. The lowest BCUT2D eigenvalue weighted by atomic mass is 10.1. The Balaban J connectivity index is 2.93. The van der Waals surface area contributed by atoms with Gasteiger partial charge in [0, 0.05) is 20.6 Å². The molecule has 28 heavy (non-hydrogen) atoms. The largest absolute Gasteiger partial charge is 0.496 e. The van der Waals surface area contributed by atoms with Crippen molar-refractivity contribution in [3.05, 3.63) is 21.7 Å². The molecular formula is C16H24Cl2O9P+. The van der Waals surface area contributed by atoms with Gasteiger partial charge in [-0.25, -0.2) is 0 Å². The quantitative estimate of drug-likeness (QED) is 0.226. The van der Waals surface area contributed by atoms with Crippen molar-refractivity contribution in [2.24, 2.45) is 0 Å². The summed E-state index contributed by atoms with van der Waals surface area (Å²) in [6.07, 6.45) is -1.38. The van der Waals surface area contributed by atoms with Gasteiger partial charge >= 0.3 is 8.69 Å². The summed E-state index contributed by atoms with van der Waals surface area (Å²) in [6, 6.07) is 1.49. The topological polar surface area (TPSA) is 102 Å². The summed E-state index contributed by atoms with van der Waals surface area (Å²) < 4.78 is 46.6. The van der Waals surface area contributed by atoms with Crippen molar-refractivity contribution in [3.63, 3.8) is 0 Å². The van der Waals surface area contributed by atoms with Crippen molar-refractivity contribution in [2.75, 3.05) is 54.2 Å². The van der Waals surface area contributed by atoms with Gasteiger partial charge < -0.3 is 33.5 Å². The Hall–Kier alpha value is -0.740. The summed E-state index contributed by atoms with van der Waals surface area (Å²) in [7, 11) is 1.99. The summed E-state index contributed by atoms with van der Waals surface area (Å²) in [5.41, 5.74) is 0.414. The molecule has 9 nitrogen and oxygen atoms in total. The van der Waals surface area contributed by atoms with Crippen molar-refractivity contribution in [3.8, 4) is 11.5 Å². The van der Waals surface area contributed by atoms with Crippen LogP contribution in [-0.4, -0.2) is 65.6 Å². The Labute approximate surface area is 174 Å². The zero-order chi connectivity index (χ0) is 20.8. The molecule has 1 rings (SSSR count). The van der Waals surface area contributed by atoms with E-state index in [9.17, 15) is 9.67 Å². The zero-order valence-corrected chi connectivity index (χ0v) is 18.1. The molecule has 0 heterocycles. The van der Waals surface area contributed by atoms with E-state index >= 15 is 0 Å². The minimum Gasteiger partial charge on any atom is -0.462 e. The highest BCUT2D eigenvalue weighted by molar-refractivity contribution is 7.17. The maximum absolute atomic E-state index is 10.5. The molecule has 0 fully saturated rings. The number of hydrogen-bond donors (Lipinski definition) is 1. The Kier molecular flexibility index (Phi) is 13.7. The van der Waals surface area contributed by atoms with Gasteiger partial charge in [0.25, 0.3) is 0 Å². The smallest absolute Gasteiger partial charge is 0.462 e.